The molecule has 0 atom stereocenters. The number of hydrogen-bond acceptors (Lipinski definition) is 2. The third-order valence-electron chi connectivity index (χ3n) is 3.41. The maximum absolute atomic E-state index is 13.3. The summed E-state index contributed by atoms with van der Waals surface area (Å²) in [5, 5.41) is 2.72. The van der Waals surface area contributed by atoms with Gasteiger partial charge < -0.3 is 11.1 Å². The van der Waals surface area contributed by atoms with Gasteiger partial charge in [-0.15, -0.1) is 0 Å². The first-order valence-corrected chi connectivity index (χ1v) is 6.00. The summed E-state index contributed by atoms with van der Waals surface area (Å²) in [5.41, 5.74) is 5.40. The van der Waals surface area contributed by atoms with Crippen molar-refractivity contribution in [3.8, 4) is 0 Å². The van der Waals surface area contributed by atoms with Gasteiger partial charge in [-0.25, -0.2) is 8.78 Å². The predicted octanol–water partition coefficient (Wildman–Crippen LogP) is 1.36. The van der Waals surface area contributed by atoms with Crippen molar-refractivity contribution in [3.05, 3.63) is 35.4 Å². The molecule has 1 aliphatic rings. The van der Waals surface area contributed by atoms with Gasteiger partial charge in [-0.1, -0.05) is 0 Å². The Morgan fingerprint density at radius 3 is 2.72 bits per heavy atom. The molecule has 1 amide bonds. The summed E-state index contributed by atoms with van der Waals surface area (Å²) in [6.07, 6.45) is 1.89. The van der Waals surface area contributed by atoms with Gasteiger partial charge in [0.15, 0.2) is 0 Å². The second-order valence-corrected chi connectivity index (χ2v) is 4.73. The maximum Gasteiger partial charge on any atom is 0.227 e. The van der Waals surface area contributed by atoms with Crippen molar-refractivity contribution in [3.63, 3.8) is 0 Å². The highest BCUT2D eigenvalue weighted by atomic mass is 19.1. The maximum atomic E-state index is 13.3. The Balaban J connectivity index is 1.85. The second-order valence-electron chi connectivity index (χ2n) is 4.73. The lowest BCUT2D eigenvalue weighted by Crippen LogP contribution is -2.37. The van der Waals surface area contributed by atoms with E-state index >= 15 is 0 Å². The second kappa shape index (κ2) is 5.02. The van der Waals surface area contributed by atoms with Crippen LogP contribution in [0.2, 0.25) is 0 Å². The van der Waals surface area contributed by atoms with Gasteiger partial charge in [0.2, 0.25) is 5.91 Å². The zero-order chi connectivity index (χ0) is 13.2. The summed E-state index contributed by atoms with van der Waals surface area (Å²) < 4.78 is 26.2. The normalized spacial score (nSPS) is 16.4. The summed E-state index contributed by atoms with van der Waals surface area (Å²) in [6, 6.07) is 3.32. The van der Waals surface area contributed by atoms with E-state index in [1.165, 1.54) is 0 Å². The molecule has 1 saturated carbocycles. The van der Waals surface area contributed by atoms with E-state index in [9.17, 15) is 13.6 Å². The first-order valence-electron chi connectivity index (χ1n) is 6.00. The van der Waals surface area contributed by atoms with Crippen molar-refractivity contribution >= 4 is 5.91 Å². The van der Waals surface area contributed by atoms with Crippen LogP contribution in [0.3, 0.4) is 0 Å². The van der Waals surface area contributed by atoms with Crippen LogP contribution in [-0.2, 0) is 11.2 Å². The lowest BCUT2D eigenvalue weighted by Gasteiger charge is -2.12. The summed E-state index contributed by atoms with van der Waals surface area (Å²) in [5.74, 6) is -1.01. The highest BCUT2D eigenvalue weighted by Gasteiger charge is 2.48. The zero-order valence-corrected chi connectivity index (χ0v) is 10.0. The van der Waals surface area contributed by atoms with E-state index in [0.29, 0.717) is 13.1 Å². The fourth-order valence-electron chi connectivity index (χ4n) is 1.91. The first kappa shape index (κ1) is 13.0. The van der Waals surface area contributed by atoms with Gasteiger partial charge in [0.05, 0.1) is 5.41 Å². The lowest BCUT2D eigenvalue weighted by atomic mass is 10.1. The molecule has 3 nitrogen and oxygen atoms in total. The summed E-state index contributed by atoms with van der Waals surface area (Å²) in [4.78, 5) is 11.7. The fourth-order valence-corrected chi connectivity index (χ4v) is 1.91. The van der Waals surface area contributed by atoms with Gasteiger partial charge in [-0.3, -0.25) is 4.79 Å². The summed E-state index contributed by atoms with van der Waals surface area (Å²) >= 11 is 0. The number of nitrogens with two attached hydrogens (primary N) is 1. The van der Waals surface area contributed by atoms with Crippen LogP contribution in [0.15, 0.2) is 18.2 Å². The van der Waals surface area contributed by atoms with E-state index in [0.717, 1.165) is 31.0 Å². The highest BCUT2D eigenvalue weighted by molar-refractivity contribution is 5.85. The monoisotopic (exact) mass is 254 g/mol. The van der Waals surface area contributed by atoms with Crippen LogP contribution in [0.5, 0.6) is 0 Å². The number of carbonyl (C=O) groups is 1. The van der Waals surface area contributed by atoms with E-state index in [2.05, 4.69) is 5.32 Å². The SMILES string of the molecule is NCC1(C(=O)NCCc2cc(F)ccc2F)CC1. The lowest BCUT2D eigenvalue weighted by molar-refractivity contribution is -0.125. The minimum atomic E-state index is -0.474. The number of nitrogens with one attached hydrogen (secondary N) is 1. The quantitative estimate of drug-likeness (QED) is 0.833. The van der Waals surface area contributed by atoms with Crippen molar-refractivity contribution in [1.29, 1.82) is 0 Å². The number of rotatable bonds is 5. The first-order chi connectivity index (χ1) is 8.57. The molecule has 18 heavy (non-hydrogen) atoms. The van der Waals surface area contributed by atoms with E-state index < -0.39 is 17.0 Å². The molecule has 0 saturated heterocycles. The molecule has 3 N–H and O–H groups in total. The molecular formula is C13H16F2N2O. The molecule has 1 aromatic rings. The van der Waals surface area contributed by atoms with E-state index in [1.54, 1.807) is 0 Å². The topological polar surface area (TPSA) is 55.1 Å². The minimum absolute atomic E-state index is 0.0817. The van der Waals surface area contributed by atoms with Gasteiger partial charge in [0, 0.05) is 13.1 Å². The molecule has 0 heterocycles. The molecule has 1 fully saturated rings. The molecule has 2 rings (SSSR count). The third-order valence-corrected chi connectivity index (χ3v) is 3.41. The number of hydrogen-bond donors (Lipinski definition) is 2. The third kappa shape index (κ3) is 2.67. The molecule has 98 valence electrons. The van der Waals surface area contributed by atoms with Crippen molar-refractivity contribution in [2.24, 2.45) is 11.1 Å². The molecule has 0 aliphatic heterocycles. The van der Waals surface area contributed by atoms with Crippen molar-refractivity contribution < 1.29 is 13.6 Å². The predicted molar refractivity (Wildman–Crippen MR) is 63.8 cm³/mol. The molecule has 5 heteroatoms. The standard InChI is InChI=1S/C13H16F2N2O/c14-10-1-2-11(15)9(7-10)3-6-17-12(18)13(8-16)4-5-13/h1-2,7H,3-6,8,16H2,(H,17,18). The van der Waals surface area contributed by atoms with Crippen LogP contribution >= 0.6 is 0 Å². The number of halogens is 2. The van der Waals surface area contributed by atoms with E-state index in [1.807, 2.05) is 0 Å². The van der Waals surface area contributed by atoms with E-state index in [4.69, 9.17) is 5.73 Å². The molecule has 0 radical (unpaired) electrons. The van der Waals surface area contributed by atoms with Crippen LogP contribution in [0, 0.1) is 17.0 Å². The Labute approximate surface area is 104 Å². The van der Waals surface area contributed by atoms with Crippen LogP contribution in [0.25, 0.3) is 0 Å². The van der Waals surface area contributed by atoms with Gasteiger partial charge in [0.25, 0.3) is 0 Å². The molecule has 0 spiro atoms. The van der Waals surface area contributed by atoms with Gasteiger partial charge in [-0.05, 0) is 43.0 Å². The molecule has 0 aromatic heterocycles. The largest absolute Gasteiger partial charge is 0.355 e. The van der Waals surface area contributed by atoms with Crippen molar-refractivity contribution in [1.82, 2.24) is 5.32 Å². The van der Waals surface area contributed by atoms with Crippen LogP contribution < -0.4 is 11.1 Å². The average Bonchev–Trinajstić information content (AvgIpc) is 3.14. The van der Waals surface area contributed by atoms with Crippen molar-refractivity contribution in [2.45, 2.75) is 19.3 Å². The van der Waals surface area contributed by atoms with Gasteiger partial charge in [0.1, 0.15) is 11.6 Å². The average molecular weight is 254 g/mol. The summed E-state index contributed by atoms with van der Waals surface area (Å²) in [6.45, 7) is 0.633. The van der Waals surface area contributed by atoms with Crippen LogP contribution in [-0.4, -0.2) is 19.0 Å². The molecule has 0 bridgehead atoms. The van der Waals surface area contributed by atoms with E-state index in [-0.39, 0.29) is 17.9 Å². The Morgan fingerprint density at radius 2 is 2.11 bits per heavy atom. The highest BCUT2D eigenvalue weighted by Crippen LogP contribution is 2.44. The molecule has 1 aliphatic carbocycles. The molecular weight excluding hydrogens is 238 g/mol. The Bertz CT molecular complexity index is 458. The Morgan fingerprint density at radius 1 is 1.39 bits per heavy atom. The Kier molecular flexibility index (Phi) is 3.61. The zero-order valence-electron chi connectivity index (χ0n) is 10.0. The van der Waals surface area contributed by atoms with Crippen molar-refractivity contribution in [2.75, 3.05) is 13.1 Å². The summed E-state index contributed by atoms with van der Waals surface area (Å²) in [7, 11) is 0. The minimum Gasteiger partial charge on any atom is -0.355 e. The fraction of sp³-hybridized carbons (Fsp3) is 0.462. The number of benzene rings is 1. The number of amides is 1. The molecule has 0 unspecified atom stereocenters. The van der Waals surface area contributed by atoms with Gasteiger partial charge >= 0.3 is 0 Å². The van der Waals surface area contributed by atoms with Gasteiger partial charge in [-0.2, -0.15) is 0 Å². The number of carbonyl (C=O) groups excluding carboxylic acids is 1. The molecule has 1 aromatic carbocycles. The van der Waals surface area contributed by atoms with Crippen LogP contribution in [0.1, 0.15) is 18.4 Å². The Hall–Kier alpha value is -1.49. The van der Waals surface area contributed by atoms with Crippen LogP contribution in [0.4, 0.5) is 8.78 Å². The smallest absolute Gasteiger partial charge is 0.227 e.